The van der Waals surface area contributed by atoms with Gasteiger partial charge in [0.05, 0.1) is 7.11 Å². The lowest BCUT2D eigenvalue weighted by Gasteiger charge is -2.31. The molecule has 0 radical (unpaired) electrons. The molecule has 1 heterocycles. The number of hydrogen-bond acceptors (Lipinski definition) is 5. The summed E-state index contributed by atoms with van der Waals surface area (Å²) in [5.41, 5.74) is 4.20. The lowest BCUT2D eigenvalue weighted by Crippen LogP contribution is -2.41. The third-order valence-electron chi connectivity index (χ3n) is 4.75. The fraction of sp³-hybridized carbons (Fsp3) is 0.333. The van der Waals surface area contributed by atoms with Crippen LogP contribution in [0.25, 0.3) is 6.08 Å². The molecule has 168 valence electrons. The summed E-state index contributed by atoms with van der Waals surface area (Å²) in [7, 11) is 1.69. The fourth-order valence-corrected chi connectivity index (χ4v) is 3.34. The number of methoxy groups -OCH3 is 1. The van der Waals surface area contributed by atoms with Gasteiger partial charge in [0.1, 0.15) is 5.75 Å². The zero-order valence-electron chi connectivity index (χ0n) is 18.1. The van der Waals surface area contributed by atoms with Crippen LogP contribution in [0.2, 0.25) is 0 Å². The Morgan fingerprint density at radius 1 is 1.06 bits per heavy atom. The van der Waals surface area contributed by atoms with Crippen LogP contribution >= 0.6 is 0 Å². The molecule has 0 saturated carbocycles. The third-order valence-corrected chi connectivity index (χ3v) is 4.75. The van der Waals surface area contributed by atoms with Crippen molar-refractivity contribution in [1.82, 2.24) is 10.2 Å². The SMILES string of the molecule is COc1ccc(C=CCNC(C)CN2CCc3ccccc3C2)cc1.O=CO.O=CO. The van der Waals surface area contributed by atoms with Crippen LogP contribution in [0.3, 0.4) is 0 Å². The number of nitrogens with zero attached hydrogens (tertiary/aromatic N) is 1. The Labute approximate surface area is 184 Å². The molecule has 31 heavy (non-hydrogen) atoms. The molecular weight excluding hydrogens is 396 g/mol. The second kappa shape index (κ2) is 15.6. The van der Waals surface area contributed by atoms with Crippen LogP contribution in [-0.2, 0) is 22.6 Å². The Bertz CT molecular complexity index is 787. The maximum atomic E-state index is 8.36. The third kappa shape index (κ3) is 10.4. The molecule has 2 aromatic carbocycles. The van der Waals surface area contributed by atoms with E-state index in [2.05, 4.69) is 65.7 Å². The minimum Gasteiger partial charge on any atom is -0.497 e. The number of ether oxygens (including phenoxy) is 1. The average molecular weight is 429 g/mol. The van der Waals surface area contributed by atoms with E-state index in [9.17, 15) is 0 Å². The van der Waals surface area contributed by atoms with Gasteiger partial charge in [-0.15, -0.1) is 0 Å². The summed E-state index contributed by atoms with van der Waals surface area (Å²) in [4.78, 5) is 19.3. The highest BCUT2D eigenvalue weighted by Crippen LogP contribution is 2.18. The molecular formula is C24H32N2O5. The van der Waals surface area contributed by atoms with E-state index in [0.717, 1.165) is 31.9 Å². The Hall–Kier alpha value is -3.16. The van der Waals surface area contributed by atoms with E-state index < -0.39 is 0 Å². The van der Waals surface area contributed by atoms with Gasteiger partial charge in [-0.1, -0.05) is 48.6 Å². The van der Waals surface area contributed by atoms with Gasteiger partial charge in [0.2, 0.25) is 0 Å². The van der Waals surface area contributed by atoms with Gasteiger partial charge < -0.3 is 20.3 Å². The molecule has 2 aromatic rings. The van der Waals surface area contributed by atoms with Gasteiger partial charge in [-0.2, -0.15) is 0 Å². The number of benzene rings is 2. The number of hydrogen-bond donors (Lipinski definition) is 3. The number of nitrogens with one attached hydrogen (secondary N) is 1. The molecule has 7 nitrogen and oxygen atoms in total. The van der Waals surface area contributed by atoms with Gasteiger partial charge in [-0.05, 0) is 42.2 Å². The predicted octanol–water partition coefficient (Wildman–Crippen LogP) is 3.15. The van der Waals surface area contributed by atoms with Crippen molar-refractivity contribution in [3.63, 3.8) is 0 Å². The molecule has 1 atom stereocenters. The quantitative estimate of drug-likeness (QED) is 0.583. The second-order valence-electron chi connectivity index (χ2n) is 6.95. The standard InChI is InChI=1S/C22H28N2O.2CH2O2/c1-18(16-24-15-13-20-7-3-4-8-21(20)17-24)23-14-5-6-19-9-11-22(25-2)12-10-19;2*2-1-3/h3-12,18,23H,13-17H2,1-2H3;2*1H,(H,2,3). The first-order valence-electron chi connectivity index (χ1n) is 10.1. The van der Waals surface area contributed by atoms with E-state index in [1.165, 1.54) is 23.1 Å². The van der Waals surface area contributed by atoms with Crippen LogP contribution in [0.15, 0.2) is 54.6 Å². The van der Waals surface area contributed by atoms with Crippen molar-refractivity contribution in [2.24, 2.45) is 0 Å². The first kappa shape index (κ1) is 25.9. The van der Waals surface area contributed by atoms with Gasteiger partial charge in [0.25, 0.3) is 12.9 Å². The fourth-order valence-electron chi connectivity index (χ4n) is 3.34. The number of fused-ring (bicyclic) bond motifs is 1. The van der Waals surface area contributed by atoms with Crippen LogP contribution in [0.1, 0.15) is 23.6 Å². The first-order valence-corrected chi connectivity index (χ1v) is 10.1. The molecule has 0 bridgehead atoms. The van der Waals surface area contributed by atoms with Crippen LogP contribution in [0.4, 0.5) is 0 Å². The maximum absolute atomic E-state index is 8.36. The minimum absolute atomic E-state index is 0.250. The molecule has 3 N–H and O–H groups in total. The molecule has 0 saturated heterocycles. The largest absolute Gasteiger partial charge is 0.497 e. The minimum atomic E-state index is -0.250. The smallest absolute Gasteiger partial charge is 0.290 e. The van der Waals surface area contributed by atoms with Crippen molar-refractivity contribution in [2.45, 2.75) is 25.9 Å². The predicted molar refractivity (Wildman–Crippen MR) is 122 cm³/mol. The van der Waals surface area contributed by atoms with Gasteiger partial charge in [0.15, 0.2) is 0 Å². The molecule has 0 aliphatic carbocycles. The average Bonchev–Trinajstić information content (AvgIpc) is 2.78. The lowest BCUT2D eigenvalue weighted by atomic mass is 10.00. The van der Waals surface area contributed by atoms with Crippen molar-refractivity contribution in [3.05, 3.63) is 71.3 Å². The lowest BCUT2D eigenvalue weighted by molar-refractivity contribution is -0.123. The van der Waals surface area contributed by atoms with Crippen molar-refractivity contribution >= 4 is 19.0 Å². The van der Waals surface area contributed by atoms with Crippen molar-refractivity contribution in [1.29, 1.82) is 0 Å². The maximum Gasteiger partial charge on any atom is 0.290 e. The Morgan fingerprint density at radius 2 is 1.68 bits per heavy atom. The monoisotopic (exact) mass is 428 g/mol. The van der Waals surface area contributed by atoms with Crippen LogP contribution < -0.4 is 10.1 Å². The van der Waals surface area contributed by atoms with Gasteiger partial charge in [0, 0.05) is 32.2 Å². The summed E-state index contributed by atoms with van der Waals surface area (Å²) < 4.78 is 5.18. The van der Waals surface area contributed by atoms with Crippen molar-refractivity contribution < 1.29 is 24.5 Å². The Morgan fingerprint density at radius 3 is 2.29 bits per heavy atom. The van der Waals surface area contributed by atoms with E-state index in [0.29, 0.717) is 6.04 Å². The van der Waals surface area contributed by atoms with Gasteiger partial charge in [-0.25, -0.2) is 0 Å². The van der Waals surface area contributed by atoms with E-state index in [1.54, 1.807) is 7.11 Å². The Kier molecular flexibility index (Phi) is 13.1. The van der Waals surface area contributed by atoms with E-state index >= 15 is 0 Å². The van der Waals surface area contributed by atoms with E-state index in [4.69, 9.17) is 24.5 Å². The van der Waals surface area contributed by atoms with E-state index in [1.807, 2.05) is 12.1 Å². The van der Waals surface area contributed by atoms with Gasteiger partial charge >= 0.3 is 0 Å². The molecule has 0 fully saturated rings. The summed E-state index contributed by atoms with van der Waals surface area (Å²) in [5, 5.41) is 17.4. The van der Waals surface area contributed by atoms with Crippen LogP contribution in [0.5, 0.6) is 5.75 Å². The number of rotatable bonds is 7. The second-order valence-corrected chi connectivity index (χ2v) is 6.95. The van der Waals surface area contributed by atoms with Crippen molar-refractivity contribution in [2.75, 3.05) is 26.7 Å². The molecule has 7 heteroatoms. The van der Waals surface area contributed by atoms with Crippen molar-refractivity contribution in [3.8, 4) is 5.75 Å². The molecule has 0 spiro atoms. The highest BCUT2D eigenvalue weighted by Gasteiger charge is 2.16. The highest BCUT2D eigenvalue weighted by molar-refractivity contribution is 5.50. The zero-order chi connectivity index (χ0) is 22.9. The normalized spacial score (nSPS) is 13.6. The molecule has 0 aromatic heterocycles. The summed E-state index contributed by atoms with van der Waals surface area (Å²) in [6.07, 6.45) is 5.50. The Balaban J connectivity index is 0.000000720. The summed E-state index contributed by atoms with van der Waals surface area (Å²) in [6, 6.07) is 17.4. The number of carboxylic acid groups (broad SMARTS) is 2. The van der Waals surface area contributed by atoms with Gasteiger partial charge in [-0.3, -0.25) is 14.5 Å². The molecule has 1 aliphatic rings. The molecule has 0 amide bonds. The van der Waals surface area contributed by atoms with Crippen LogP contribution in [0, 0.1) is 0 Å². The topological polar surface area (TPSA) is 99.1 Å². The summed E-state index contributed by atoms with van der Waals surface area (Å²) in [6.45, 7) is 5.97. The summed E-state index contributed by atoms with van der Waals surface area (Å²) >= 11 is 0. The molecule has 1 aliphatic heterocycles. The summed E-state index contributed by atoms with van der Waals surface area (Å²) in [5.74, 6) is 0.895. The number of carbonyl (C=O) groups is 2. The van der Waals surface area contributed by atoms with Crippen LogP contribution in [-0.4, -0.2) is 60.8 Å². The zero-order valence-corrected chi connectivity index (χ0v) is 18.1. The highest BCUT2D eigenvalue weighted by atomic mass is 16.5. The first-order chi connectivity index (χ1) is 15.1. The molecule has 3 rings (SSSR count). The molecule has 1 unspecified atom stereocenters. The van der Waals surface area contributed by atoms with E-state index in [-0.39, 0.29) is 12.9 Å².